The van der Waals surface area contributed by atoms with Gasteiger partial charge in [0, 0.05) is 7.11 Å². The van der Waals surface area contributed by atoms with E-state index in [1.807, 2.05) is 0 Å². The number of thioether (sulfide) groups is 1. The molecule has 0 radical (unpaired) electrons. The quantitative estimate of drug-likeness (QED) is 0.546. The summed E-state index contributed by atoms with van der Waals surface area (Å²) in [5.74, 6) is 2.71. The summed E-state index contributed by atoms with van der Waals surface area (Å²) in [5, 5.41) is -0.286. The highest BCUT2D eigenvalue weighted by atomic mass is 79.9. The van der Waals surface area contributed by atoms with Crippen LogP contribution in [0.15, 0.2) is 27.6 Å². The van der Waals surface area contributed by atoms with E-state index in [2.05, 4.69) is 21.9 Å². The van der Waals surface area contributed by atoms with Crippen LogP contribution in [0.4, 0.5) is 4.79 Å². The van der Waals surface area contributed by atoms with Crippen molar-refractivity contribution in [3.05, 3.63) is 33.1 Å². The molecule has 0 N–H and O–H groups in total. The average molecular weight is 396 g/mol. The molecule has 5 nitrogen and oxygen atoms in total. The molecular weight excluding hydrogens is 382 g/mol. The summed E-state index contributed by atoms with van der Waals surface area (Å²) in [6.45, 7) is 0.746. The molecule has 0 unspecified atom stereocenters. The van der Waals surface area contributed by atoms with Gasteiger partial charge in [-0.25, -0.2) is 0 Å². The zero-order chi connectivity index (χ0) is 16.8. The number of carbonyl (C=O) groups excluding carboxylic acids is 2. The highest BCUT2D eigenvalue weighted by molar-refractivity contribution is 9.10. The summed E-state index contributed by atoms with van der Waals surface area (Å²) in [6.07, 6.45) is 6.83. The second-order valence-corrected chi connectivity index (χ2v) is 6.36. The maximum atomic E-state index is 12.2. The van der Waals surface area contributed by atoms with Crippen molar-refractivity contribution in [3.63, 3.8) is 0 Å². The van der Waals surface area contributed by atoms with E-state index in [1.54, 1.807) is 24.3 Å². The number of ether oxygens (including phenoxy) is 2. The number of nitrogens with zero attached hydrogens (tertiary/aromatic N) is 1. The van der Waals surface area contributed by atoms with E-state index >= 15 is 0 Å². The summed E-state index contributed by atoms with van der Waals surface area (Å²) >= 11 is 4.31. The first-order valence-corrected chi connectivity index (χ1v) is 8.28. The van der Waals surface area contributed by atoms with E-state index in [9.17, 15) is 9.59 Å². The van der Waals surface area contributed by atoms with Crippen LogP contribution in [0.1, 0.15) is 5.56 Å². The Bertz CT molecular complexity index is 696. The van der Waals surface area contributed by atoms with Crippen LogP contribution in [0.3, 0.4) is 0 Å². The van der Waals surface area contributed by atoms with Crippen LogP contribution in [-0.2, 0) is 9.53 Å². The van der Waals surface area contributed by atoms with Gasteiger partial charge < -0.3 is 9.47 Å². The van der Waals surface area contributed by atoms with Crippen molar-refractivity contribution in [1.82, 2.24) is 4.90 Å². The van der Waals surface area contributed by atoms with Gasteiger partial charge in [-0.15, -0.1) is 6.42 Å². The molecule has 0 aliphatic carbocycles. The van der Waals surface area contributed by atoms with Crippen molar-refractivity contribution in [3.8, 4) is 18.1 Å². The molecule has 120 valence electrons. The molecule has 2 amide bonds. The van der Waals surface area contributed by atoms with E-state index in [0.29, 0.717) is 17.3 Å². The fourth-order valence-corrected chi connectivity index (χ4v) is 3.25. The predicted molar refractivity (Wildman–Crippen MR) is 93.0 cm³/mol. The molecular formula is C16H14BrNO4S. The number of rotatable bonds is 6. The normalized spacial score (nSPS) is 16.0. The Morgan fingerprint density at radius 3 is 2.87 bits per heavy atom. The van der Waals surface area contributed by atoms with Gasteiger partial charge in [0.2, 0.25) is 0 Å². The lowest BCUT2D eigenvalue weighted by atomic mass is 10.2. The number of halogens is 1. The van der Waals surface area contributed by atoms with Gasteiger partial charge in [0.1, 0.15) is 12.4 Å². The third-order valence-electron chi connectivity index (χ3n) is 2.96. The molecule has 1 aliphatic heterocycles. The number of carbonyl (C=O) groups is 2. The molecule has 0 bridgehead atoms. The molecule has 1 saturated heterocycles. The van der Waals surface area contributed by atoms with Crippen LogP contribution in [-0.4, -0.2) is 42.9 Å². The van der Waals surface area contributed by atoms with Crippen LogP contribution in [0.2, 0.25) is 0 Å². The van der Waals surface area contributed by atoms with Crippen molar-refractivity contribution in [2.24, 2.45) is 0 Å². The molecule has 7 heteroatoms. The number of hydrogen-bond donors (Lipinski definition) is 0. The Morgan fingerprint density at radius 2 is 2.22 bits per heavy atom. The van der Waals surface area contributed by atoms with E-state index in [-0.39, 0.29) is 24.3 Å². The number of methoxy groups -OCH3 is 1. The zero-order valence-electron chi connectivity index (χ0n) is 12.4. The Labute approximate surface area is 147 Å². The summed E-state index contributed by atoms with van der Waals surface area (Å²) < 4.78 is 11.0. The molecule has 1 aromatic rings. The average Bonchev–Trinajstić information content (AvgIpc) is 2.78. The number of benzene rings is 1. The minimum atomic E-state index is -0.305. The number of amides is 2. The summed E-state index contributed by atoms with van der Waals surface area (Å²) in [6, 6.07) is 5.34. The Hall–Kier alpha value is -1.75. The van der Waals surface area contributed by atoms with Crippen molar-refractivity contribution < 1.29 is 19.1 Å². The minimum Gasteiger partial charge on any atom is -0.480 e. The first-order chi connectivity index (χ1) is 11.1. The highest BCUT2D eigenvalue weighted by Crippen LogP contribution is 2.33. The Kier molecular flexibility index (Phi) is 6.28. The van der Waals surface area contributed by atoms with Gasteiger partial charge in [0.15, 0.2) is 0 Å². The van der Waals surface area contributed by atoms with Gasteiger partial charge in [-0.05, 0) is 51.5 Å². The van der Waals surface area contributed by atoms with Crippen LogP contribution in [0, 0.1) is 12.3 Å². The van der Waals surface area contributed by atoms with Crippen molar-refractivity contribution in [2.75, 3.05) is 26.9 Å². The Morgan fingerprint density at radius 1 is 1.43 bits per heavy atom. The molecule has 0 atom stereocenters. The van der Waals surface area contributed by atoms with Crippen LogP contribution < -0.4 is 4.74 Å². The minimum absolute atomic E-state index is 0.177. The van der Waals surface area contributed by atoms with Gasteiger partial charge in [0.05, 0.1) is 22.5 Å². The molecule has 1 aromatic carbocycles. The van der Waals surface area contributed by atoms with Crippen molar-refractivity contribution in [1.29, 1.82) is 0 Å². The third-order valence-corrected chi connectivity index (χ3v) is 4.48. The SMILES string of the molecule is C#CCOc1ccc(/C=C2/SC(=O)N(CCOC)C2=O)cc1Br. The van der Waals surface area contributed by atoms with E-state index < -0.39 is 0 Å². The molecule has 2 rings (SSSR count). The van der Waals surface area contributed by atoms with Gasteiger partial charge in [-0.1, -0.05) is 12.0 Å². The standard InChI is InChI=1S/C16H14BrNO4S/c1-3-7-22-13-5-4-11(9-12(13)17)10-14-15(19)18(6-8-21-2)16(20)23-14/h1,4-5,9-10H,6-8H2,2H3/b14-10+. The number of hydrogen-bond acceptors (Lipinski definition) is 5. The van der Waals surface area contributed by atoms with E-state index in [0.717, 1.165) is 21.8 Å². The highest BCUT2D eigenvalue weighted by Gasteiger charge is 2.34. The smallest absolute Gasteiger partial charge is 0.293 e. The van der Waals surface area contributed by atoms with Crippen molar-refractivity contribution >= 4 is 44.9 Å². The van der Waals surface area contributed by atoms with Crippen LogP contribution >= 0.6 is 27.7 Å². The predicted octanol–water partition coefficient (Wildman–Crippen LogP) is 3.14. The lowest BCUT2D eigenvalue weighted by Gasteiger charge is -2.10. The number of imide groups is 1. The largest absolute Gasteiger partial charge is 0.480 e. The van der Waals surface area contributed by atoms with Gasteiger partial charge in [-0.3, -0.25) is 14.5 Å². The molecule has 0 spiro atoms. The van der Waals surface area contributed by atoms with Gasteiger partial charge in [-0.2, -0.15) is 0 Å². The molecule has 0 saturated carbocycles. The van der Waals surface area contributed by atoms with Crippen molar-refractivity contribution in [2.45, 2.75) is 0 Å². The summed E-state index contributed by atoms with van der Waals surface area (Å²) in [4.78, 5) is 25.6. The maximum Gasteiger partial charge on any atom is 0.293 e. The lowest BCUT2D eigenvalue weighted by molar-refractivity contribution is -0.123. The second kappa shape index (κ2) is 8.20. The molecule has 1 heterocycles. The lowest BCUT2D eigenvalue weighted by Crippen LogP contribution is -2.31. The zero-order valence-corrected chi connectivity index (χ0v) is 14.8. The fourth-order valence-electron chi connectivity index (χ4n) is 1.87. The second-order valence-electron chi connectivity index (χ2n) is 4.51. The number of terminal acetylenes is 1. The van der Waals surface area contributed by atoms with E-state index in [4.69, 9.17) is 15.9 Å². The third kappa shape index (κ3) is 4.38. The fraction of sp³-hybridized carbons (Fsp3) is 0.250. The first kappa shape index (κ1) is 17.6. The molecule has 23 heavy (non-hydrogen) atoms. The summed E-state index contributed by atoms with van der Waals surface area (Å²) in [7, 11) is 1.52. The molecule has 1 aliphatic rings. The summed E-state index contributed by atoms with van der Waals surface area (Å²) in [5.41, 5.74) is 0.780. The van der Waals surface area contributed by atoms with Gasteiger partial charge >= 0.3 is 0 Å². The van der Waals surface area contributed by atoms with Crippen LogP contribution in [0.25, 0.3) is 6.08 Å². The molecule has 1 fully saturated rings. The van der Waals surface area contributed by atoms with E-state index in [1.165, 1.54) is 12.0 Å². The monoisotopic (exact) mass is 395 g/mol. The Balaban J connectivity index is 2.16. The molecule has 0 aromatic heterocycles. The van der Waals surface area contributed by atoms with Gasteiger partial charge in [0.25, 0.3) is 11.1 Å². The van der Waals surface area contributed by atoms with Crippen LogP contribution in [0.5, 0.6) is 5.75 Å². The topological polar surface area (TPSA) is 55.8 Å². The first-order valence-electron chi connectivity index (χ1n) is 6.67. The maximum absolute atomic E-state index is 12.2.